The molecule has 0 unspecified atom stereocenters. The van der Waals surface area contributed by atoms with E-state index < -0.39 is 15.8 Å². The lowest BCUT2D eigenvalue weighted by atomic mass is 9.98. The third kappa shape index (κ3) is 3.16. The Bertz CT molecular complexity index is 848. The number of hydrogen-bond donors (Lipinski definition) is 1. The van der Waals surface area contributed by atoms with E-state index in [0.29, 0.717) is 6.54 Å². The molecule has 2 heterocycles. The molecular formula is C16H20FN3O3S. The summed E-state index contributed by atoms with van der Waals surface area (Å²) >= 11 is 0. The minimum absolute atomic E-state index is 0.0329. The van der Waals surface area contributed by atoms with E-state index >= 15 is 0 Å². The molecule has 24 heavy (non-hydrogen) atoms. The van der Waals surface area contributed by atoms with Gasteiger partial charge in [-0.3, -0.25) is 0 Å². The zero-order valence-electron chi connectivity index (χ0n) is 13.6. The summed E-state index contributed by atoms with van der Waals surface area (Å²) in [6, 6.07) is 2.70. The molecule has 130 valence electrons. The van der Waals surface area contributed by atoms with Crippen molar-refractivity contribution in [3.05, 3.63) is 41.7 Å². The molecule has 1 atom stereocenters. The second-order valence-corrected chi connectivity index (χ2v) is 7.69. The fourth-order valence-corrected chi connectivity index (χ4v) is 4.34. The minimum Gasteiger partial charge on any atom is -0.494 e. The Morgan fingerprint density at radius 3 is 3.00 bits per heavy atom. The average molecular weight is 353 g/mol. The first-order valence-electron chi connectivity index (χ1n) is 7.75. The number of imidazole rings is 1. The summed E-state index contributed by atoms with van der Waals surface area (Å²) in [5.41, 5.74) is 0.0565. The summed E-state index contributed by atoms with van der Waals surface area (Å²) in [6.07, 6.45) is 5.29. The summed E-state index contributed by atoms with van der Waals surface area (Å²) in [5, 5.41) is 0. The minimum atomic E-state index is -3.77. The van der Waals surface area contributed by atoms with E-state index in [1.54, 1.807) is 6.20 Å². The van der Waals surface area contributed by atoms with Gasteiger partial charge < -0.3 is 9.30 Å². The average Bonchev–Trinajstić information content (AvgIpc) is 3.03. The van der Waals surface area contributed by atoms with Crippen LogP contribution in [0, 0.1) is 18.7 Å². The molecular weight excluding hydrogens is 333 g/mol. The van der Waals surface area contributed by atoms with E-state index in [4.69, 9.17) is 4.74 Å². The van der Waals surface area contributed by atoms with Gasteiger partial charge >= 0.3 is 0 Å². The fourth-order valence-electron chi connectivity index (χ4n) is 2.99. The van der Waals surface area contributed by atoms with Crippen molar-refractivity contribution in [1.82, 2.24) is 14.3 Å². The maximum absolute atomic E-state index is 14.1. The van der Waals surface area contributed by atoms with Gasteiger partial charge in [-0.25, -0.2) is 22.5 Å². The zero-order valence-corrected chi connectivity index (χ0v) is 14.4. The van der Waals surface area contributed by atoms with Gasteiger partial charge in [-0.15, -0.1) is 0 Å². The van der Waals surface area contributed by atoms with Gasteiger partial charge in [0, 0.05) is 37.5 Å². The van der Waals surface area contributed by atoms with Gasteiger partial charge in [0.25, 0.3) is 0 Å². The quantitative estimate of drug-likeness (QED) is 0.891. The molecule has 0 bridgehead atoms. The summed E-state index contributed by atoms with van der Waals surface area (Å²) in [4.78, 5) is 4.22. The van der Waals surface area contributed by atoms with Crippen LogP contribution in [0.2, 0.25) is 0 Å². The van der Waals surface area contributed by atoms with Crippen LogP contribution >= 0.6 is 0 Å². The largest absolute Gasteiger partial charge is 0.494 e. The number of aromatic nitrogens is 2. The maximum Gasteiger partial charge on any atom is 0.240 e. The smallest absolute Gasteiger partial charge is 0.240 e. The molecule has 0 aliphatic carbocycles. The third-order valence-electron chi connectivity index (χ3n) is 4.42. The maximum atomic E-state index is 14.1. The first-order chi connectivity index (χ1) is 11.4. The number of halogens is 1. The Labute approximate surface area is 140 Å². The third-order valence-corrected chi connectivity index (χ3v) is 5.99. The Morgan fingerprint density at radius 2 is 2.25 bits per heavy atom. The first kappa shape index (κ1) is 16.9. The van der Waals surface area contributed by atoms with Gasteiger partial charge in [-0.05, 0) is 31.4 Å². The number of methoxy groups -OCH3 is 1. The lowest BCUT2D eigenvalue weighted by Crippen LogP contribution is -2.33. The van der Waals surface area contributed by atoms with Crippen molar-refractivity contribution in [2.45, 2.75) is 31.2 Å². The molecule has 1 aliphatic rings. The number of nitrogens with zero attached hydrogens (tertiary/aromatic N) is 2. The van der Waals surface area contributed by atoms with Crippen LogP contribution in [-0.4, -0.2) is 31.6 Å². The number of rotatable bonds is 5. The molecule has 0 radical (unpaired) electrons. The molecule has 3 rings (SSSR count). The topological polar surface area (TPSA) is 73.2 Å². The highest BCUT2D eigenvalue weighted by Crippen LogP contribution is 2.26. The van der Waals surface area contributed by atoms with Crippen molar-refractivity contribution in [3.63, 3.8) is 0 Å². The molecule has 1 aromatic carbocycles. The molecule has 0 saturated heterocycles. The molecule has 1 aromatic heterocycles. The molecule has 1 N–H and O–H groups in total. The predicted octanol–water partition coefficient (Wildman–Crippen LogP) is 1.88. The van der Waals surface area contributed by atoms with Crippen molar-refractivity contribution in [2.24, 2.45) is 5.92 Å². The number of benzene rings is 1. The van der Waals surface area contributed by atoms with E-state index in [9.17, 15) is 12.8 Å². The number of sulfonamides is 1. The molecule has 0 saturated carbocycles. The lowest BCUT2D eigenvalue weighted by Gasteiger charge is -2.23. The number of ether oxygens (including phenoxy) is 1. The molecule has 2 aromatic rings. The molecule has 0 fully saturated rings. The van der Waals surface area contributed by atoms with Gasteiger partial charge in [0.2, 0.25) is 10.0 Å². The number of nitrogens with one attached hydrogen (secondary N) is 1. The van der Waals surface area contributed by atoms with Crippen LogP contribution in [0.15, 0.2) is 29.4 Å². The summed E-state index contributed by atoms with van der Waals surface area (Å²) in [6.45, 7) is 2.57. The van der Waals surface area contributed by atoms with E-state index in [1.165, 1.54) is 26.2 Å². The van der Waals surface area contributed by atoms with E-state index in [0.717, 1.165) is 25.2 Å². The predicted molar refractivity (Wildman–Crippen MR) is 86.9 cm³/mol. The number of fused-ring (bicyclic) bond motifs is 1. The Balaban J connectivity index is 1.72. The van der Waals surface area contributed by atoms with Gasteiger partial charge in [0.05, 0.1) is 12.0 Å². The highest BCUT2D eigenvalue weighted by Gasteiger charge is 2.24. The van der Waals surface area contributed by atoms with Crippen molar-refractivity contribution < 1.29 is 17.5 Å². The standard InChI is InChI=1S/C16H20FN3O3S/c1-11-14(4-3-13(23-2)16(11)17)24(21,22)19-10-12-5-7-20-8-6-18-15(20)9-12/h3-4,6,8,12,19H,5,7,9-10H2,1-2H3/t12-/m1/s1. The van der Waals surface area contributed by atoms with Gasteiger partial charge in [0.15, 0.2) is 11.6 Å². The van der Waals surface area contributed by atoms with Gasteiger partial charge in [-0.2, -0.15) is 0 Å². The van der Waals surface area contributed by atoms with Crippen molar-refractivity contribution >= 4 is 10.0 Å². The normalized spacial score (nSPS) is 17.5. The molecule has 8 heteroatoms. The van der Waals surface area contributed by atoms with Crippen molar-refractivity contribution in [3.8, 4) is 5.75 Å². The molecule has 1 aliphatic heterocycles. The van der Waals surface area contributed by atoms with Crippen LogP contribution in [0.4, 0.5) is 4.39 Å². The summed E-state index contributed by atoms with van der Waals surface area (Å²) < 4.78 is 48.7. The highest BCUT2D eigenvalue weighted by atomic mass is 32.2. The van der Waals surface area contributed by atoms with Crippen LogP contribution in [0.3, 0.4) is 0 Å². The second-order valence-electron chi connectivity index (χ2n) is 5.95. The van der Waals surface area contributed by atoms with Crippen molar-refractivity contribution in [2.75, 3.05) is 13.7 Å². The highest BCUT2D eigenvalue weighted by molar-refractivity contribution is 7.89. The fraction of sp³-hybridized carbons (Fsp3) is 0.438. The zero-order chi connectivity index (χ0) is 17.3. The van der Waals surface area contributed by atoms with Crippen LogP contribution in [0.1, 0.15) is 17.8 Å². The molecule has 0 spiro atoms. The number of aryl methyl sites for hydroxylation is 1. The van der Waals surface area contributed by atoms with Crippen LogP contribution in [0.25, 0.3) is 0 Å². The SMILES string of the molecule is COc1ccc(S(=O)(=O)NC[C@@H]2CCn3ccnc3C2)c(C)c1F. The Hall–Kier alpha value is -1.93. The van der Waals surface area contributed by atoms with Crippen LogP contribution < -0.4 is 9.46 Å². The Morgan fingerprint density at radius 1 is 1.46 bits per heavy atom. The molecule has 0 amide bonds. The van der Waals surface area contributed by atoms with Crippen LogP contribution in [-0.2, 0) is 23.0 Å². The summed E-state index contributed by atoms with van der Waals surface area (Å²) in [7, 11) is -2.43. The van der Waals surface area contributed by atoms with Gasteiger partial charge in [-0.1, -0.05) is 0 Å². The van der Waals surface area contributed by atoms with E-state index in [2.05, 4.69) is 14.3 Å². The second kappa shape index (κ2) is 6.52. The summed E-state index contributed by atoms with van der Waals surface area (Å²) in [5.74, 6) is 0.529. The number of hydrogen-bond acceptors (Lipinski definition) is 4. The van der Waals surface area contributed by atoms with Gasteiger partial charge in [0.1, 0.15) is 5.82 Å². The van der Waals surface area contributed by atoms with E-state index in [-0.39, 0.29) is 22.1 Å². The molecule has 6 nitrogen and oxygen atoms in total. The van der Waals surface area contributed by atoms with E-state index in [1.807, 2.05) is 6.20 Å². The first-order valence-corrected chi connectivity index (χ1v) is 9.23. The Kier molecular flexibility index (Phi) is 4.60. The van der Waals surface area contributed by atoms with Crippen molar-refractivity contribution in [1.29, 1.82) is 0 Å². The lowest BCUT2D eigenvalue weighted by molar-refractivity contribution is 0.378. The van der Waals surface area contributed by atoms with Crippen LogP contribution in [0.5, 0.6) is 5.75 Å². The monoisotopic (exact) mass is 353 g/mol.